The molecule has 0 saturated carbocycles. The van der Waals surface area contributed by atoms with E-state index < -0.39 is 45.0 Å². The van der Waals surface area contributed by atoms with E-state index in [1.54, 1.807) is 25.1 Å². The third-order valence-electron chi connectivity index (χ3n) is 7.42. The molecule has 2 amide bonds. The number of anilines is 1. The Labute approximate surface area is 251 Å². The van der Waals surface area contributed by atoms with Gasteiger partial charge in [-0.15, -0.1) is 0 Å². The monoisotopic (exact) mass is 638 g/mol. The molecule has 236 valence electrons. The Morgan fingerprint density at radius 3 is 2.41 bits per heavy atom. The molecular weight excluding hydrogens is 608 g/mol. The molecule has 1 N–H and O–H groups in total. The molecule has 2 aromatic rings. The van der Waals surface area contributed by atoms with Crippen molar-refractivity contribution in [3.63, 3.8) is 0 Å². The van der Waals surface area contributed by atoms with Gasteiger partial charge in [-0.1, -0.05) is 6.07 Å². The van der Waals surface area contributed by atoms with Gasteiger partial charge in [-0.3, -0.25) is 19.4 Å². The number of hydrogen-bond acceptors (Lipinski definition) is 7. The zero-order chi connectivity index (χ0) is 32.4. The molecule has 0 aromatic heterocycles. The number of esters is 1. The predicted octanol–water partition coefficient (Wildman–Crippen LogP) is 3.78. The molecule has 2 aliphatic rings. The Morgan fingerprint density at radius 1 is 1.14 bits per heavy atom. The van der Waals surface area contributed by atoms with Crippen LogP contribution in [-0.4, -0.2) is 68.1 Å². The van der Waals surface area contributed by atoms with Crippen molar-refractivity contribution in [3.05, 3.63) is 69.9 Å². The van der Waals surface area contributed by atoms with Crippen molar-refractivity contribution >= 4 is 45.4 Å². The third kappa shape index (κ3) is 7.16. The van der Waals surface area contributed by atoms with Gasteiger partial charge in [0, 0.05) is 43.6 Å². The van der Waals surface area contributed by atoms with Gasteiger partial charge in [0.1, 0.15) is 23.8 Å². The molecule has 44 heavy (non-hydrogen) atoms. The van der Waals surface area contributed by atoms with E-state index in [4.69, 9.17) is 4.74 Å². The highest BCUT2D eigenvalue weighted by atomic mass is 32.2. The quantitative estimate of drug-likeness (QED) is 0.347. The lowest BCUT2D eigenvalue weighted by molar-refractivity contribution is -0.141. The Balaban J connectivity index is 1.45. The molecule has 1 fully saturated rings. The normalized spacial score (nSPS) is 17.1. The van der Waals surface area contributed by atoms with Crippen molar-refractivity contribution in [2.24, 2.45) is 4.99 Å². The number of nitrogens with one attached hydrogen (secondary N) is 1. The standard InChI is InChI=1S/C29H30F4N4O6S/c1-18-16-23(37(19(2)38)13-14-43-20(3)39)6-4-21(18)8-15-44(41,42)36-11-9-28(10-12-36)27(40)34-26(35-28)22-5-7-25(30)24(17-22)29(31,32)33/h4-8,15-17H,9-14H2,1-3H3,(H,34,35,40). The molecule has 10 nitrogen and oxygen atoms in total. The molecule has 0 bridgehead atoms. The highest BCUT2D eigenvalue weighted by Crippen LogP contribution is 2.35. The maximum absolute atomic E-state index is 13.7. The van der Waals surface area contributed by atoms with Crippen LogP contribution >= 0.6 is 0 Å². The van der Waals surface area contributed by atoms with E-state index in [0.29, 0.717) is 28.9 Å². The Hall–Kier alpha value is -4.11. The summed E-state index contributed by atoms with van der Waals surface area (Å²) >= 11 is 0. The van der Waals surface area contributed by atoms with Gasteiger partial charge >= 0.3 is 12.1 Å². The van der Waals surface area contributed by atoms with Gasteiger partial charge in [-0.25, -0.2) is 12.8 Å². The molecular formula is C29H30F4N4O6S. The van der Waals surface area contributed by atoms with Gasteiger partial charge in [-0.2, -0.15) is 17.5 Å². The molecule has 2 aliphatic heterocycles. The van der Waals surface area contributed by atoms with Crippen LogP contribution in [0.2, 0.25) is 0 Å². The first-order valence-electron chi connectivity index (χ1n) is 13.5. The number of carbonyl (C=O) groups excluding carboxylic acids is 3. The lowest BCUT2D eigenvalue weighted by Crippen LogP contribution is -2.50. The number of hydrogen-bond donors (Lipinski definition) is 1. The lowest BCUT2D eigenvalue weighted by Gasteiger charge is -2.34. The maximum Gasteiger partial charge on any atom is 0.419 e. The summed E-state index contributed by atoms with van der Waals surface area (Å²) in [6, 6.07) is 7.32. The largest absolute Gasteiger partial charge is 0.464 e. The number of amidine groups is 1. The van der Waals surface area contributed by atoms with E-state index in [1.165, 1.54) is 29.1 Å². The van der Waals surface area contributed by atoms with Crippen LogP contribution in [0.3, 0.4) is 0 Å². The van der Waals surface area contributed by atoms with Crippen LogP contribution in [0, 0.1) is 12.7 Å². The van der Waals surface area contributed by atoms with E-state index in [-0.39, 0.29) is 56.4 Å². The van der Waals surface area contributed by atoms with Crippen LogP contribution in [0.5, 0.6) is 0 Å². The van der Waals surface area contributed by atoms with Crippen molar-refractivity contribution in [3.8, 4) is 0 Å². The van der Waals surface area contributed by atoms with Crippen molar-refractivity contribution in [2.45, 2.75) is 45.3 Å². The SMILES string of the molecule is CC(=O)OCCN(C(C)=O)c1ccc(C=CS(=O)(=O)N2CCC3(CC2)N=C(c2ccc(F)c(C(F)(F)F)c2)NC3=O)c(C)c1. The number of amides is 2. The van der Waals surface area contributed by atoms with Crippen molar-refractivity contribution < 1.29 is 45.1 Å². The fraction of sp³-hybridized carbons (Fsp3) is 0.379. The summed E-state index contributed by atoms with van der Waals surface area (Å²) < 4.78 is 85.5. The number of carbonyl (C=O) groups is 3. The molecule has 1 spiro atoms. The van der Waals surface area contributed by atoms with Gasteiger partial charge in [0.2, 0.25) is 15.9 Å². The zero-order valence-corrected chi connectivity index (χ0v) is 24.9. The average Bonchev–Trinajstić information content (AvgIpc) is 3.24. The third-order valence-corrected chi connectivity index (χ3v) is 8.98. The lowest BCUT2D eigenvalue weighted by atomic mass is 9.89. The number of piperidine rings is 1. The minimum atomic E-state index is -4.93. The van der Waals surface area contributed by atoms with E-state index in [9.17, 15) is 40.4 Å². The van der Waals surface area contributed by atoms with Gasteiger partial charge in [-0.05, 0) is 67.3 Å². The summed E-state index contributed by atoms with van der Waals surface area (Å²) in [5.74, 6) is -2.88. The fourth-order valence-electron chi connectivity index (χ4n) is 5.00. The molecule has 0 unspecified atom stereocenters. The average molecular weight is 639 g/mol. The summed E-state index contributed by atoms with van der Waals surface area (Å²) in [5, 5.41) is 3.50. The first-order chi connectivity index (χ1) is 20.5. The summed E-state index contributed by atoms with van der Waals surface area (Å²) in [4.78, 5) is 41.8. The molecule has 0 aliphatic carbocycles. The number of aryl methyl sites for hydroxylation is 1. The van der Waals surface area contributed by atoms with E-state index >= 15 is 0 Å². The number of rotatable bonds is 8. The highest BCUT2D eigenvalue weighted by molar-refractivity contribution is 7.92. The van der Waals surface area contributed by atoms with Crippen molar-refractivity contribution in [2.75, 3.05) is 31.1 Å². The number of benzene rings is 2. The highest BCUT2D eigenvalue weighted by Gasteiger charge is 2.47. The van der Waals surface area contributed by atoms with E-state index in [2.05, 4.69) is 10.3 Å². The summed E-state index contributed by atoms with van der Waals surface area (Å²) in [6.07, 6.45) is -3.54. The first-order valence-corrected chi connectivity index (χ1v) is 15.0. The van der Waals surface area contributed by atoms with Crippen LogP contribution in [0.15, 0.2) is 46.8 Å². The smallest absolute Gasteiger partial charge is 0.419 e. The minimum Gasteiger partial charge on any atom is -0.464 e. The molecule has 1 saturated heterocycles. The van der Waals surface area contributed by atoms with Crippen LogP contribution in [-0.2, 0) is 35.3 Å². The second kappa shape index (κ2) is 12.5. The molecule has 15 heteroatoms. The maximum atomic E-state index is 13.7. The summed E-state index contributed by atoms with van der Waals surface area (Å²) in [5.41, 5.74) is -1.14. The molecule has 0 atom stereocenters. The van der Waals surface area contributed by atoms with Crippen LogP contribution in [0.1, 0.15) is 48.9 Å². The number of ether oxygens (including phenoxy) is 1. The van der Waals surface area contributed by atoms with E-state index in [0.717, 1.165) is 11.5 Å². The Bertz CT molecular complexity index is 1650. The molecule has 2 aromatic carbocycles. The topological polar surface area (TPSA) is 125 Å². The van der Waals surface area contributed by atoms with Gasteiger partial charge in [0.15, 0.2) is 0 Å². The van der Waals surface area contributed by atoms with Crippen molar-refractivity contribution in [1.29, 1.82) is 0 Å². The van der Waals surface area contributed by atoms with Crippen LogP contribution in [0.4, 0.5) is 23.2 Å². The Kier molecular flexibility index (Phi) is 9.30. The number of halogens is 4. The van der Waals surface area contributed by atoms with Gasteiger partial charge in [0.25, 0.3) is 5.91 Å². The summed E-state index contributed by atoms with van der Waals surface area (Å²) in [7, 11) is -3.92. The van der Waals surface area contributed by atoms with Gasteiger partial charge in [0.05, 0.1) is 12.1 Å². The van der Waals surface area contributed by atoms with Crippen LogP contribution in [0.25, 0.3) is 6.08 Å². The second-order valence-electron chi connectivity index (χ2n) is 10.4. The number of sulfonamides is 1. The molecule has 0 radical (unpaired) electrons. The summed E-state index contributed by atoms with van der Waals surface area (Å²) in [6.45, 7) is 4.42. The first kappa shape index (κ1) is 32.8. The van der Waals surface area contributed by atoms with Gasteiger partial charge < -0.3 is 15.0 Å². The second-order valence-corrected chi connectivity index (χ2v) is 12.3. The predicted molar refractivity (Wildman–Crippen MR) is 153 cm³/mol. The van der Waals surface area contributed by atoms with E-state index in [1.807, 2.05) is 0 Å². The minimum absolute atomic E-state index is 0.00925. The number of nitrogens with zero attached hydrogens (tertiary/aromatic N) is 3. The van der Waals surface area contributed by atoms with Crippen LogP contribution < -0.4 is 10.2 Å². The number of aliphatic imine (C=N–C) groups is 1. The van der Waals surface area contributed by atoms with Crippen molar-refractivity contribution in [1.82, 2.24) is 9.62 Å². The number of alkyl halides is 3. The molecule has 4 rings (SSSR count). The fourth-order valence-corrected chi connectivity index (χ4v) is 6.18. The zero-order valence-electron chi connectivity index (χ0n) is 24.1. The Morgan fingerprint density at radius 2 is 1.82 bits per heavy atom. The molecule has 2 heterocycles.